The highest BCUT2D eigenvalue weighted by atomic mass is 32.1. The number of anilines is 1. The summed E-state index contributed by atoms with van der Waals surface area (Å²) in [6.07, 6.45) is 3.52. The van der Waals surface area contributed by atoms with Crippen molar-refractivity contribution < 1.29 is 4.79 Å². The first-order valence-electron chi connectivity index (χ1n) is 10.7. The van der Waals surface area contributed by atoms with Gasteiger partial charge in [0.05, 0.1) is 0 Å². The lowest BCUT2D eigenvalue weighted by molar-refractivity contribution is -0.137. The molecule has 1 saturated heterocycles. The van der Waals surface area contributed by atoms with Crippen LogP contribution in [0.3, 0.4) is 0 Å². The molecule has 1 aromatic heterocycles. The number of fused-ring (bicyclic) bond motifs is 1. The minimum atomic E-state index is 0.128. The van der Waals surface area contributed by atoms with Gasteiger partial charge in [-0.2, -0.15) is 4.37 Å². The normalized spacial score (nSPS) is 17.1. The maximum atomic E-state index is 13.1. The number of hydrogen-bond donors (Lipinski definition) is 0. The van der Waals surface area contributed by atoms with Crippen molar-refractivity contribution in [2.75, 3.05) is 24.5 Å². The monoisotopic (exact) mass is 418 g/mol. The molecule has 6 heteroatoms. The molecule has 2 aliphatic heterocycles. The Hall–Kier alpha value is -2.73. The third-order valence-electron chi connectivity index (χ3n) is 6.22. The Labute approximate surface area is 181 Å². The summed E-state index contributed by atoms with van der Waals surface area (Å²) < 4.78 is 4.55. The largest absolute Gasteiger partial charge is 0.347 e. The van der Waals surface area contributed by atoms with E-state index in [0.717, 1.165) is 62.8 Å². The number of amides is 1. The molecule has 3 aromatic rings. The van der Waals surface area contributed by atoms with Gasteiger partial charge < -0.3 is 9.80 Å². The molecule has 0 N–H and O–H groups in total. The van der Waals surface area contributed by atoms with Crippen molar-refractivity contribution in [2.24, 2.45) is 5.92 Å². The molecule has 3 heterocycles. The van der Waals surface area contributed by atoms with E-state index in [4.69, 9.17) is 4.98 Å². The molecule has 2 aromatic carbocycles. The van der Waals surface area contributed by atoms with E-state index in [9.17, 15) is 4.79 Å². The molecule has 30 heavy (non-hydrogen) atoms. The molecule has 0 bridgehead atoms. The van der Waals surface area contributed by atoms with Gasteiger partial charge in [-0.3, -0.25) is 4.79 Å². The molecule has 0 spiro atoms. The van der Waals surface area contributed by atoms with Crippen LogP contribution in [-0.4, -0.2) is 39.8 Å². The van der Waals surface area contributed by atoms with E-state index < -0.39 is 0 Å². The molecule has 0 radical (unpaired) electrons. The standard InChI is InChI=1S/C24H26N4OS/c29-23(28-15-10-19-8-4-5-9-21(19)17-28)20-11-13-27(14-12-20)24-25-22(26-30-24)16-18-6-2-1-3-7-18/h1-9,20H,10-17H2. The van der Waals surface area contributed by atoms with Crippen LogP contribution in [0.2, 0.25) is 0 Å². The van der Waals surface area contributed by atoms with E-state index >= 15 is 0 Å². The first-order valence-corrected chi connectivity index (χ1v) is 11.5. The van der Waals surface area contributed by atoms with E-state index in [2.05, 4.69) is 50.6 Å². The molecule has 5 nitrogen and oxygen atoms in total. The topological polar surface area (TPSA) is 49.3 Å². The molecular formula is C24H26N4OS. The number of piperidine rings is 1. The van der Waals surface area contributed by atoms with Gasteiger partial charge in [-0.15, -0.1) is 0 Å². The Kier molecular flexibility index (Phi) is 5.49. The Morgan fingerprint density at radius 1 is 0.967 bits per heavy atom. The molecule has 2 aliphatic rings. The Bertz CT molecular complexity index is 1010. The van der Waals surface area contributed by atoms with Crippen LogP contribution in [0.25, 0.3) is 0 Å². The average molecular weight is 419 g/mol. The second kappa shape index (κ2) is 8.56. The van der Waals surface area contributed by atoms with Gasteiger partial charge in [-0.05, 0) is 36.0 Å². The fourth-order valence-electron chi connectivity index (χ4n) is 4.48. The van der Waals surface area contributed by atoms with Crippen molar-refractivity contribution in [3.8, 4) is 0 Å². The zero-order chi connectivity index (χ0) is 20.3. The van der Waals surface area contributed by atoms with Gasteiger partial charge in [0.2, 0.25) is 11.0 Å². The highest BCUT2D eigenvalue weighted by molar-refractivity contribution is 7.09. The van der Waals surface area contributed by atoms with Crippen LogP contribution in [0.4, 0.5) is 5.13 Å². The van der Waals surface area contributed by atoms with Crippen molar-refractivity contribution in [1.29, 1.82) is 0 Å². The van der Waals surface area contributed by atoms with Crippen LogP contribution >= 0.6 is 11.5 Å². The molecular weight excluding hydrogens is 392 g/mol. The second-order valence-corrected chi connectivity index (χ2v) is 8.93. The summed E-state index contributed by atoms with van der Waals surface area (Å²) in [7, 11) is 0. The number of carbonyl (C=O) groups is 1. The van der Waals surface area contributed by atoms with Crippen molar-refractivity contribution in [2.45, 2.75) is 32.2 Å². The van der Waals surface area contributed by atoms with Crippen LogP contribution in [0.15, 0.2) is 54.6 Å². The molecule has 0 aliphatic carbocycles. The van der Waals surface area contributed by atoms with E-state index in [1.54, 1.807) is 0 Å². The van der Waals surface area contributed by atoms with Gasteiger partial charge >= 0.3 is 0 Å². The van der Waals surface area contributed by atoms with Crippen molar-refractivity contribution in [3.05, 3.63) is 77.1 Å². The molecule has 5 rings (SSSR count). The van der Waals surface area contributed by atoms with E-state index in [-0.39, 0.29) is 5.92 Å². The Balaban J connectivity index is 1.16. The SMILES string of the molecule is O=C(C1CCN(c2nc(Cc3ccccc3)ns2)CC1)N1CCc2ccccc2C1. The number of carbonyl (C=O) groups excluding carboxylic acids is 1. The minimum absolute atomic E-state index is 0.128. The highest BCUT2D eigenvalue weighted by Crippen LogP contribution is 2.28. The van der Waals surface area contributed by atoms with Crippen LogP contribution in [0, 0.1) is 5.92 Å². The fraction of sp³-hybridized carbons (Fsp3) is 0.375. The lowest BCUT2D eigenvalue weighted by Gasteiger charge is -2.36. The van der Waals surface area contributed by atoms with E-state index in [1.165, 1.54) is 28.2 Å². The van der Waals surface area contributed by atoms with E-state index in [1.807, 2.05) is 18.2 Å². The lowest BCUT2D eigenvalue weighted by Crippen LogP contribution is -2.44. The number of aromatic nitrogens is 2. The summed E-state index contributed by atoms with van der Waals surface area (Å²) in [6.45, 7) is 3.35. The molecule has 1 fully saturated rings. The summed E-state index contributed by atoms with van der Waals surface area (Å²) in [5, 5.41) is 0.985. The zero-order valence-electron chi connectivity index (χ0n) is 17.0. The molecule has 0 unspecified atom stereocenters. The fourth-order valence-corrected chi connectivity index (χ4v) is 5.22. The first-order chi connectivity index (χ1) is 14.8. The van der Waals surface area contributed by atoms with Gasteiger partial charge in [0.15, 0.2) is 0 Å². The van der Waals surface area contributed by atoms with Gasteiger partial charge in [-0.25, -0.2) is 4.98 Å². The third kappa shape index (κ3) is 4.10. The predicted molar refractivity (Wildman–Crippen MR) is 120 cm³/mol. The second-order valence-electron chi connectivity index (χ2n) is 8.20. The Morgan fingerprint density at radius 2 is 1.70 bits per heavy atom. The van der Waals surface area contributed by atoms with E-state index in [0.29, 0.717) is 5.91 Å². The van der Waals surface area contributed by atoms with Gasteiger partial charge in [0.1, 0.15) is 5.82 Å². The predicted octanol–water partition coefficient (Wildman–Crippen LogP) is 3.93. The van der Waals surface area contributed by atoms with Gasteiger partial charge in [0.25, 0.3) is 0 Å². The number of rotatable bonds is 4. The Morgan fingerprint density at radius 3 is 2.50 bits per heavy atom. The summed E-state index contributed by atoms with van der Waals surface area (Å²) in [6, 6.07) is 18.8. The zero-order valence-corrected chi connectivity index (χ0v) is 17.9. The minimum Gasteiger partial charge on any atom is -0.347 e. The summed E-state index contributed by atoms with van der Waals surface area (Å²) >= 11 is 1.47. The maximum Gasteiger partial charge on any atom is 0.226 e. The number of nitrogens with zero attached hydrogens (tertiary/aromatic N) is 4. The van der Waals surface area contributed by atoms with Crippen LogP contribution in [-0.2, 0) is 24.2 Å². The maximum absolute atomic E-state index is 13.1. The first kappa shape index (κ1) is 19.2. The molecule has 1 amide bonds. The molecule has 0 saturated carbocycles. The van der Waals surface area contributed by atoms with Gasteiger partial charge in [-0.1, -0.05) is 54.6 Å². The summed E-state index contributed by atoms with van der Waals surface area (Å²) in [4.78, 5) is 22.2. The van der Waals surface area contributed by atoms with Gasteiger partial charge in [0, 0.05) is 50.1 Å². The number of benzene rings is 2. The summed E-state index contributed by atoms with van der Waals surface area (Å²) in [5.41, 5.74) is 3.92. The van der Waals surface area contributed by atoms with Crippen LogP contribution in [0.1, 0.15) is 35.4 Å². The lowest BCUT2D eigenvalue weighted by atomic mass is 9.93. The number of hydrogen-bond acceptors (Lipinski definition) is 5. The van der Waals surface area contributed by atoms with Crippen molar-refractivity contribution >= 4 is 22.6 Å². The smallest absolute Gasteiger partial charge is 0.226 e. The summed E-state index contributed by atoms with van der Waals surface area (Å²) in [5.74, 6) is 1.33. The quantitative estimate of drug-likeness (QED) is 0.644. The highest BCUT2D eigenvalue weighted by Gasteiger charge is 2.31. The third-order valence-corrected chi connectivity index (χ3v) is 7.03. The molecule has 154 valence electrons. The van der Waals surface area contributed by atoms with Crippen LogP contribution < -0.4 is 4.90 Å². The average Bonchev–Trinajstić information content (AvgIpc) is 3.27. The van der Waals surface area contributed by atoms with Crippen molar-refractivity contribution in [3.63, 3.8) is 0 Å². The molecule has 0 atom stereocenters. The van der Waals surface area contributed by atoms with Crippen molar-refractivity contribution in [1.82, 2.24) is 14.3 Å². The van der Waals surface area contributed by atoms with Crippen LogP contribution in [0.5, 0.6) is 0 Å².